The molecule has 2 aromatic carbocycles. The van der Waals surface area contributed by atoms with Crippen LogP contribution in [-0.2, 0) is 11.3 Å². The Morgan fingerprint density at radius 3 is 2.57 bits per heavy atom. The number of benzene rings is 2. The van der Waals surface area contributed by atoms with Crippen LogP contribution in [0.5, 0.6) is 0 Å². The Hall–Kier alpha value is -2.15. The number of carbonyl (C=O) groups is 1. The zero-order valence-corrected chi connectivity index (χ0v) is 16.5. The summed E-state index contributed by atoms with van der Waals surface area (Å²) >= 11 is 5.95. The van der Waals surface area contributed by atoms with Crippen LogP contribution in [0.3, 0.4) is 0 Å². The fourth-order valence-electron chi connectivity index (χ4n) is 3.13. The van der Waals surface area contributed by atoms with Gasteiger partial charge in [0, 0.05) is 37.7 Å². The lowest BCUT2D eigenvalue weighted by Crippen LogP contribution is -2.40. The molecule has 5 nitrogen and oxygen atoms in total. The third-order valence-electron chi connectivity index (χ3n) is 4.70. The van der Waals surface area contributed by atoms with E-state index in [9.17, 15) is 9.18 Å². The molecule has 1 aliphatic rings. The van der Waals surface area contributed by atoms with E-state index in [-0.39, 0.29) is 11.7 Å². The van der Waals surface area contributed by atoms with Crippen molar-refractivity contribution in [2.45, 2.75) is 13.0 Å². The molecule has 1 N–H and O–H groups in total. The molecule has 0 radical (unpaired) electrons. The first-order valence-electron chi connectivity index (χ1n) is 9.47. The summed E-state index contributed by atoms with van der Waals surface area (Å²) in [7, 11) is 0. The van der Waals surface area contributed by atoms with Gasteiger partial charge < -0.3 is 15.0 Å². The maximum absolute atomic E-state index is 13.9. The number of nitrogens with one attached hydrogen (secondary N) is 1. The molecule has 3 rings (SSSR count). The molecule has 0 aromatic heterocycles. The number of hydrogen-bond acceptors (Lipinski definition) is 3. The standard InChI is InChI=1S/C21H25ClFN3O2/c22-18-8-6-17(7-9-18)16-26(11-3-10-25-12-14-28-15-13-25)21(27)24-20-5-2-1-4-19(20)23/h1-2,4-9H,3,10-16H2,(H,24,27). The number of rotatable bonds is 7. The summed E-state index contributed by atoms with van der Waals surface area (Å²) in [5, 5.41) is 3.33. The number of anilines is 1. The predicted molar refractivity (Wildman–Crippen MR) is 109 cm³/mol. The van der Waals surface area contributed by atoms with E-state index in [0.29, 0.717) is 18.1 Å². The van der Waals surface area contributed by atoms with Crippen LogP contribution in [0.4, 0.5) is 14.9 Å². The molecule has 1 saturated heterocycles. The molecular formula is C21H25ClFN3O2. The molecule has 0 atom stereocenters. The zero-order valence-electron chi connectivity index (χ0n) is 15.7. The molecule has 0 bridgehead atoms. The molecule has 28 heavy (non-hydrogen) atoms. The van der Waals surface area contributed by atoms with Crippen molar-refractivity contribution < 1.29 is 13.9 Å². The lowest BCUT2D eigenvalue weighted by molar-refractivity contribution is 0.0365. The Kier molecular flexibility index (Phi) is 7.65. The highest BCUT2D eigenvalue weighted by Crippen LogP contribution is 2.16. The molecular weight excluding hydrogens is 381 g/mol. The van der Waals surface area contributed by atoms with Gasteiger partial charge in [-0.25, -0.2) is 9.18 Å². The average Bonchev–Trinajstić information content (AvgIpc) is 2.71. The highest BCUT2D eigenvalue weighted by molar-refractivity contribution is 6.30. The monoisotopic (exact) mass is 405 g/mol. The molecule has 150 valence electrons. The molecule has 1 fully saturated rings. The van der Waals surface area contributed by atoms with Gasteiger partial charge >= 0.3 is 6.03 Å². The summed E-state index contributed by atoms with van der Waals surface area (Å²) < 4.78 is 19.3. The van der Waals surface area contributed by atoms with Crippen molar-refractivity contribution in [3.63, 3.8) is 0 Å². The van der Waals surface area contributed by atoms with Gasteiger partial charge in [0.05, 0.1) is 18.9 Å². The third-order valence-corrected chi connectivity index (χ3v) is 4.95. The van der Waals surface area contributed by atoms with Crippen LogP contribution in [0.25, 0.3) is 0 Å². The van der Waals surface area contributed by atoms with Crippen LogP contribution in [-0.4, -0.2) is 55.2 Å². The summed E-state index contributed by atoms with van der Waals surface area (Å²) in [4.78, 5) is 16.8. The molecule has 1 aliphatic heterocycles. The molecule has 7 heteroatoms. The number of carbonyl (C=O) groups excluding carboxylic acids is 1. The number of urea groups is 1. The minimum atomic E-state index is -0.449. The molecule has 2 aromatic rings. The molecule has 0 aliphatic carbocycles. The van der Waals surface area contributed by atoms with Gasteiger partial charge in [-0.2, -0.15) is 0 Å². The smallest absolute Gasteiger partial charge is 0.322 e. The van der Waals surface area contributed by atoms with E-state index in [2.05, 4.69) is 10.2 Å². The second-order valence-electron chi connectivity index (χ2n) is 6.77. The van der Waals surface area contributed by atoms with E-state index in [1.807, 2.05) is 12.1 Å². The van der Waals surface area contributed by atoms with Crippen LogP contribution in [0, 0.1) is 5.82 Å². The maximum atomic E-state index is 13.9. The number of hydrogen-bond donors (Lipinski definition) is 1. The lowest BCUT2D eigenvalue weighted by atomic mass is 10.2. The summed E-state index contributed by atoms with van der Waals surface area (Å²) in [5.74, 6) is -0.449. The molecule has 0 spiro atoms. The number of nitrogens with zero attached hydrogens (tertiary/aromatic N) is 2. The highest BCUT2D eigenvalue weighted by Gasteiger charge is 2.17. The predicted octanol–water partition coefficient (Wildman–Crippen LogP) is 4.24. The first-order valence-corrected chi connectivity index (χ1v) is 9.84. The van der Waals surface area contributed by atoms with Crippen LogP contribution in [0.15, 0.2) is 48.5 Å². The fourth-order valence-corrected chi connectivity index (χ4v) is 3.26. The minimum absolute atomic E-state index is 0.182. The van der Waals surface area contributed by atoms with Crippen molar-refractivity contribution in [1.82, 2.24) is 9.80 Å². The lowest BCUT2D eigenvalue weighted by Gasteiger charge is -2.28. The fraction of sp³-hybridized carbons (Fsp3) is 0.381. The van der Waals surface area contributed by atoms with Crippen LogP contribution >= 0.6 is 11.6 Å². The summed E-state index contributed by atoms with van der Waals surface area (Å²) in [5.41, 5.74) is 1.15. The third kappa shape index (κ3) is 6.19. The van der Waals surface area contributed by atoms with Crippen LogP contribution in [0.2, 0.25) is 5.02 Å². The van der Waals surface area contributed by atoms with Gasteiger partial charge in [-0.1, -0.05) is 35.9 Å². The van der Waals surface area contributed by atoms with E-state index in [0.717, 1.165) is 44.8 Å². The van der Waals surface area contributed by atoms with E-state index in [1.54, 1.807) is 35.2 Å². The number of amides is 2. The van der Waals surface area contributed by atoms with Crippen LogP contribution in [0.1, 0.15) is 12.0 Å². The van der Waals surface area contributed by atoms with Gasteiger partial charge in [-0.05, 0) is 36.2 Å². The Bertz CT molecular complexity index is 767. The van der Waals surface area contributed by atoms with Gasteiger partial charge in [0.1, 0.15) is 5.82 Å². The molecule has 0 saturated carbocycles. The number of morpholine rings is 1. The average molecular weight is 406 g/mol. The summed E-state index contributed by atoms with van der Waals surface area (Å²) in [6.07, 6.45) is 0.832. The van der Waals surface area contributed by atoms with E-state index < -0.39 is 5.82 Å². The normalized spacial score (nSPS) is 14.6. The molecule has 0 unspecified atom stereocenters. The van der Waals surface area contributed by atoms with Crippen molar-refractivity contribution in [2.75, 3.05) is 44.7 Å². The maximum Gasteiger partial charge on any atom is 0.322 e. The topological polar surface area (TPSA) is 44.8 Å². The van der Waals surface area contributed by atoms with E-state index in [4.69, 9.17) is 16.3 Å². The number of halogens is 2. The van der Waals surface area contributed by atoms with Gasteiger partial charge in [0.2, 0.25) is 0 Å². The van der Waals surface area contributed by atoms with Crippen molar-refractivity contribution in [3.05, 3.63) is 64.9 Å². The Labute approximate surface area is 170 Å². The highest BCUT2D eigenvalue weighted by atomic mass is 35.5. The second-order valence-corrected chi connectivity index (χ2v) is 7.20. The summed E-state index contributed by atoms with van der Waals surface area (Å²) in [6.45, 7) is 5.23. The SMILES string of the molecule is O=C(Nc1ccccc1F)N(CCCN1CCOCC1)Cc1ccc(Cl)cc1. The van der Waals surface area contributed by atoms with Crippen molar-refractivity contribution >= 4 is 23.3 Å². The first kappa shape index (κ1) is 20.6. The van der Waals surface area contributed by atoms with Gasteiger partial charge in [0.25, 0.3) is 0 Å². The Balaban J connectivity index is 1.63. The number of para-hydroxylation sites is 1. The number of ether oxygens (including phenoxy) is 1. The van der Waals surface area contributed by atoms with Crippen molar-refractivity contribution in [2.24, 2.45) is 0 Å². The zero-order chi connectivity index (χ0) is 19.8. The Morgan fingerprint density at radius 1 is 1.14 bits per heavy atom. The summed E-state index contributed by atoms with van der Waals surface area (Å²) in [6, 6.07) is 13.3. The second kappa shape index (κ2) is 10.4. The van der Waals surface area contributed by atoms with Gasteiger partial charge in [-0.3, -0.25) is 4.90 Å². The Morgan fingerprint density at radius 2 is 1.86 bits per heavy atom. The van der Waals surface area contributed by atoms with Crippen molar-refractivity contribution in [3.8, 4) is 0 Å². The molecule has 1 heterocycles. The minimum Gasteiger partial charge on any atom is -0.379 e. The van der Waals surface area contributed by atoms with Gasteiger partial charge in [0.15, 0.2) is 0 Å². The first-order chi connectivity index (χ1) is 13.6. The van der Waals surface area contributed by atoms with Crippen molar-refractivity contribution in [1.29, 1.82) is 0 Å². The largest absolute Gasteiger partial charge is 0.379 e. The molecule has 2 amide bonds. The quantitative estimate of drug-likeness (QED) is 0.749. The van der Waals surface area contributed by atoms with Gasteiger partial charge in [-0.15, -0.1) is 0 Å². The van der Waals surface area contributed by atoms with Crippen LogP contribution < -0.4 is 5.32 Å². The van der Waals surface area contributed by atoms with E-state index in [1.165, 1.54) is 6.07 Å². The van der Waals surface area contributed by atoms with E-state index >= 15 is 0 Å².